The van der Waals surface area contributed by atoms with Gasteiger partial charge in [0.15, 0.2) is 0 Å². The molecule has 1 aliphatic heterocycles. The Morgan fingerprint density at radius 2 is 1.04 bits per heavy atom. The van der Waals surface area contributed by atoms with Gasteiger partial charge in [-0.1, -0.05) is 62.1 Å². The van der Waals surface area contributed by atoms with Crippen molar-refractivity contribution in [3.05, 3.63) is 137 Å². The van der Waals surface area contributed by atoms with Gasteiger partial charge in [0.2, 0.25) is 16.7 Å². The lowest BCUT2D eigenvalue weighted by Crippen LogP contribution is -2.42. The first-order chi connectivity index (χ1) is 39.4. The van der Waals surface area contributed by atoms with Crippen molar-refractivity contribution in [1.29, 1.82) is 0 Å². The molecular formula is C68H85N8O8+. The van der Waals surface area contributed by atoms with Crippen LogP contribution < -0.4 is 29.9 Å². The summed E-state index contributed by atoms with van der Waals surface area (Å²) in [6, 6.07) is 31.6. The number of nitrogens with one attached hydrogen (secondary N) is 2. The Morgan fingerprint density at radius 3 is 1.58 bits per heavy atom. The number of ether oxygens (including phenoxy) is 4. The Balaban J connectivity index is 1.01. The fraction of sp³-hybridized carbons (Fsp3) is 0.426. The molecule has 2 N–H and O–H groups in total. The summed E-state index contributed by atoms with van der Waals surface area (Å²) in [6.07, 6.45) is 7.00. The molecule has 4 amide bonds. The predicted molar refractivity (Wildman–Crippen MR) is 337 cm³/mol. The van der Waals surface area contributed by atoms with E-state index in [4.69, 9.17) is 28.9 Å². The smallest absolute Gasteiger partial charge is 0.414 e. The van der Waals surface area contributed by atoms with Crippen LogP contribution in [0, 0.1) is 20.8 Å². The van der Waals surface area contributed by atoms with Crippen molar-refractivity contribution in [2.75, 3.05) is 33.1 Å². The molecule has 2 aliphatic rings. The molecule has 1 aromatic heterocycles. The molecular weight excluding hydrogens is 1060 g/mol. The van der Waals surface area contributed by atoms with Crippen molar-refractivity contribution in [2.24, 2.45) is 4.99 Å². The molecule has 1 unspecified atom stereocenters. The predicted octanol–water partition coefficient (Wildman–Crippen LogP) is 16.4. The van der Waals surface area contributed by atoms with E-state index < -0.39 is 46.8 Å². The van der Waals surface area contributed by atoms with Crippen LogP contribution in [0.1, 0.15) is 145 Å². The summed E-state index contributed by atoms with van der Waals surface area (Å²) in [5.74, 6) is 0. The van der Waals surface area contributed by atoms with Gasteiger partial charge in [-0.25, -0.2) is 29.2 Å². The van der Waals surface area contributed by atoms with Crippen LogP contribution in [0.4, 0.5) is 53.3 Å². The van der Waals surface area contributed by atoms with Crippen LogP contribution in [0.3, 0.4) is 0 Å². The quantitative estimate of drug-likeness (QED) is 0.0437. The number of fused-ring (bicyclic) bond motifs is 4. The van der Waals surface area contributed by atoms with Gasteiger partial charge in [0, 0.05) is 48.7 Å². The number of hydrogen-bond acceptors (Lipinski definition) is 11. The highest BCUT2D eigenvalue weighted by atomic mass is 16.6. The third kappa shape index (κ3) is 15.5. The number of anilines is 5. The van der Waals surface area contributed by atoms with Crippen LogP contribution >= 0.6 is 0 Å². The molecule has 2 heterocycles. The van der Waals surface area contributed by atoms with Gasteiger partial charge in [-0.2, -0.15) is 0 Å². The van der Waals surface area contributed by atoms with Crippen molar-refractivity contribution < 1.29 is 42.7 Å². The molecule has 6 aromatic rings. The van der Waals surface area contributed by atoms with E-state index in [0.717, 1.165) is 117 Å². The lowest BCUT2D eigenvalue weighted by atomic mass is 9.93. The van der Waals surface area contributed by atoms with Gasteiger partial charge < -0.3 is 23.8 Å². The maximum Gasteiger partial charge on any atom is 0.414 e. The number of para-hydroxylation sites is 2. The van der Waals surface area contributed by atoms with E-state index in [-0.39, 0.29) is 6.04 Å². The highest BCUT2D eigenvalue weighted by Gasteiger charge is 2.36. The van der Waals surface area contributed by atoms with Crippen molar-refractivity contribution >= 4 is 86.3 Å². The summed E-state index contributed by atoms with van der Waals surface area (Å²) in [5, 5.41) is 5.92. The van der Waals surface area contributed by atoms with Gasteiger partial charge in [-0.05, 0) is 194 Å². The second kappa shape index (κ2) is 24.9. The second-order valence-electron chi connectivity index (χ2n) is 25.9. The average Bonchev–Trinajstić information content (AvgIpc) is 1.45. The lowest BCUT2D eigenvalue weighted by Gasteiger charge is -2.39. The summed E-state index contributed by atoms with van der Waals surface area (Å²) in [7, 11) is 0. The summed E-state index contributed by atoms with van der Waals surface area (Å²) >= 11 is 0. The summed E-state index contributed by atoms with van der Waals surface area (Å²) in [5.41, 5.74) is 10.5. The minimum absolute atomic E-state index is 0.382. The number of hydrogen-bond donors (Lipinski definition) is 2. The van der Waals surface area contributed by atoms with E-state index >= 15 is 0 Å². The highest BCUT2D eigenvalue weighted by Crippen LogP contribution is 2.46. The third-order valence-electron chi connectivity index (χ3n) is 14.0. The number of carbonyl (C=O) groups excluding carboxylic acids is 4. The maximum atomic E-state index is 14.3. The number of benzene rings is 5. The molecule has 0 radical (unpaired) electrons. The average molecular weight is 1140 g/mol. The number of rotatable bonds is 15. The summed E-state index contributed by atoms with van der Waals surface area (Å²) in [6.45, 7) is 30.9. The minimum atomic E-state index is -0.740. The van der Waals surface area contributed by atoms with Crippen LogP contribution in [0.5, 0.6) is 0 Å². The topological polar surface area (TPSA) is 168 Å². The minimum Gasteiger partial charge on any atom is -0.444 e. The molecule has 84 heavy (non-hydrogen) atoms. The maximum absolute atomic E-state index is 14.3. The molecule has 8 rings (SSSR count). The van der Waals surface area contributed by atoms with Crippen molar-refractivity contribution in [1.82, 2.24) is 10.3 Å². The van der Waals surface area contributed by atoms with E-state index in [2.05, 4.69) is 20.1 Å². The van der Waals surface area contributed by atoms with Gasteiger partial charge in [0.25, 0.3) is 0 Å². The van der Waals surface area contributed by atoms with E-state index in [0.29, 0.717) is 30.2 Å². The molecule has 0 saturated heterocycles. The first kappa shape index (κ1) is 61.8. The Hall–Kier alpha value is -8.27. The molecule has 0 bridgehead atoms. The zero-order valence-electron chi connectivity index (χ0n) is 52.1. The molecule has 1 atom stereocenters. The number of aromatic nitrogens is 2. The SMILES string of the molecule is CC1=CC2=Nc3cc(C)c(N(CCCCCCCCN(C(=O)OC(C)(C)C)c4cc5c(cc4C)nc4cc(C)c(NC(=O)OC(C)(C)C)cc4[n+]5-c4ccccc4)C(=O)OC(C)(C)C)cc3N(c3ccccc3)C2C=C1NC(=O)OC(C)(C)C. The number of unbranched alkanes of at least 4 members (excludes halogenated alkanes) is 5. The van der Waals surface area contributed by atoms with Gasteiger partial charge in [-0.15, -0.1) is 4.57 Å². The molecule has 0 saturated carbocycles. The Labute approximate surface area is 495 Å². The van der Waals surface area contributed by atoms with Crippen LogP contribution in [0.15, 0.2) is 125 Å². The molecule has 16 nitrogen and oxygen atoms in total. The molecule has 5 aromatic carbocycles. The zero-order chi connectivity index (χ0) is 61.1. The third-order valence-corrected chi connectivity index (χ3v) is 14.0. The molecule has 16 heteroatoms. The van der Waals surface area contributed by atoms with Crippen LogP contribution in [-0.2, 0) is 18.9 Å². The number of alkyl carbamates (subject to hydrolysis) is 1. The second-order valence-corrected chi connectivity index (χ2v) is 25.9. The largest absolute Gasteiger partial charge is 0.444 e. The number of amides is 4. The van der Waals surface area contributed by atoms with Gasteiger partial charge in [0.1, 0.15) is 33.4 Å². The van der Waals surface area contributed by atoms with Crippen molar-refractivity contribution in [2.45, 2.75) is 178 Å². The van der Waals surface area contributed by atoms with Gasteiger partial charge in [-0.3, -0.25) is 20.4 Å². The van der Waals surface area contributed by atoms with Crippen LogP contribution in [0.2, 0.25) is 0 Å². The van der Waals surface area contributed by atoms with Crippen molar-refractivity contribution in [3.63, 3.8) is 0 Å². The van der Waals surface area contributed by atoms with E-state index in [1.54, 1.807) is 9.80 Å². The zero-order valence-corrected chi connectivity index (χ0v) is 52.1. The van der Waals surface area contributed by atoms with E-state index in [1.165, 1.54) is 0 Å². The number of allylic oxidation sites excluding steroid dienone is 1. The molecule has 0 fully saturated rings. The molecule has 444 valence electrons. The number of aliphatic imine (C=N–C) groups is 1. The van der Waals surface area contributed by atoms with Crippen molar-refractivity contribution in [3.8, 4) is 5.69 Å². The Kier molecular flexibility index (Phi) is 18.3. The Morgan fingerprint density at radius 1 is 0.560 bits per heavy atom. The highest BCUT2D eigenvalue weighted by molar-refractivity contribution is 6.11. The van der Waals surface area contributed by atoms with Gasteiger partial charge >= 0.3 is 24.4 Å². The fourth-order valence-electron chi connectivity index (χ4n) is 10.4. The first-order valence-electron chi connectivity index (χ1n) is 29.3. The lowest BCUT2D eigenvalue weighted by molar-refractivity contribution is -0.538. The monoisotopic (exact) mass is 1140 g/mol. The standard InChI is InChI=1S/C68H84N8O8/c1-43-35-51-57(39-49(43)71-61(77)81-65(5,6)7)75(47-29-23-21-24-30-47)59-41-55(45(3)37-53(59)69-51)73(63(79)83-67(11,12)13)33-27-19-17-18-20-28-34-74(64(80)84-68(14,15)16)56-42-60-54(38-46(56)4)70-52-36-44(2)50(72-62(78)82-66(8,9)10)40-58(52)76(60)48-31-25-22-26-32-48/h21-26,29-32,35-42,57H,17-20,27-28,33-34H2,1-16H3,(H,71,77)/p+1. The number of nitrogens with zero attached hydrogens (tertiary/aromatic N) is 6. The number of carbonyl (C=O) groups is 4. The molecule has 1 aliphatic carbocycles. The van der Waals surface area contributed by atoms with E-state index in [9.17, 15) is 19.2 Å². The Bertz CT molecular complexity index is 3550. The van der Waals surface area contributed by atoms with E-state index in [1.807, 2.05) is 220 Å². The fourth-order valence-corrected chi connectivity index (χ4v) is 10.4. The molecule has 0 spiro atoms. The summed E-state index contributed by atoms with van der Waals surface area (Å²) < 4.78 is 25.5. The first-order valence-corrected chi connectivity index (χ1v) is 29.3. The van der Waals surface area contributed by atoms with Crippen LogP contribution in [0.25, 0.3) is 27.8 Å². The normalized spacial score (nSPS) is 14.4. The van der Waals surface area contributed by atoms with Crippen LogP contribution in [-0.4, -0.2) is 76.6 Å². The summed E-state index contributed by atoms with van der Waals surface area (Å²) in [4.78, 5) is 70.8. The number of aryl methyl sites for hydroxylation is 3. The van der Waals surface area contributed by atoms with Gasteiger partial charge in [0.05, 0.1) is 40.2 Å².